The lowest BCUT2D eigenvalue weighted by Crippen LogP contribution is -2.20. The average Bonchev–Trinajstić information content (AvgIpc) is 2.40. The van der Waals surface area contributed by atoms with Crippen LogP contribution in [0.15, 0.2) is 24.3 Å². The number of benzene rings is 2. The Balaban J connectivity index is 2.61. The Morgan fingerprint density at radius 1 is 0.619 bits per heavy atom. The van der Waals surface area contributed by atoms with Crippen LogP contribution in [0.25, 0.3) is 0 Å². The molecule has 0 aliphatic heterocycles. The van der Waals surface area contributed by atoms with Crippen LogP contribution in [0.3, 0.4) is 0 Å². The minimum atomic E-state index is -0.0831. The van der Waals surface area contributed by atoms with Crippen molar-refractivity contribution in [1.82, 2.24) is 0 Å². The Bertz CT molecular complexity index is 591. The van der Waals surface area contributed by atoms with Crippen LogP contribution >= 0.6 is 23.2 Å². The molecule has 0 aliphatic rings. The van der Waals surface area contributed by atoms with Gasteiger partial charge in [-0.05, 0) is 61.1 Å². The first-order valence-corrected chi connectivity index (χ1v) is 7.94. The van der Waals surface area contributed by atoms with Gasteiger partial charge < -0.3 is 0 Å². The van der Waals surface area contributed by atoms with Gasteiger partial charge in [-0.15, -0.1) is 0 Å². The van der Waals surface area contributed by atoms with Crippen LogP contribution in [0, 0.1) is 27.7 Å². The number of hydrogen-bond donors (Lipinski definition) is 0. The molecule has 0 spiro atoms. The van der Waals surface area contributed by atoms with Gasteiger partial charge in [0.25, 0.3) is 0 Å². The fraction of sp³-hybridized carbons (Fsp3) is 0.368. The highest BCUT2D eigenvalue weighted by molar-refractivity contribution is 6.32. The molecule has 2 heteroatoms. The summed E-state index contributed by atoms with van der Waals surface area (Å²) in [7, 11) is 0. The average molecular weight is 321 g/mol. The molecule has 2 rings (SSSR count). The third-order valence-corrected chi connectivity index (χ3v) is 5.51. The van der Waals surface area contributed by atoms with E-state index >= 15 is 0 Å². The molecule has 0 aromatic heterocycles. The third-order valence-electron chi connectivity index (χ3n) is 4.32. The minimum Gasteiger partial charge on any atom is -0.0838 e. The molecular formula is C19H22Cl2. The van der Waals surface area contributed by atoms with Crippen molar-refractivity contribution in [3.05, 3.63) is 67.7 Å². The van der Waals surface area contributed by atoms with Gasteiger partial charge in [0.15, 0.2) is 0 Å². The SMILES string of the molecule is Cc1cc(C(C)(C)c2cc(C)c(Cl)c(C)c2)cc(C)c1Cl. The number of halogens is 2. The Morgan fingerprint density at radius 3 is 1.10 bits per heavy atom. The summed E-state index contributed by atoms with van der Waals surface area (Å²) in [6.07, 6.45) is 0. The molecule has 21 heavy (non-hydrogen) atoms. The summed E-state index contributed by atoms with van der Waals surface area (Å²) in [5, 5.41) is 1.72. The van der Waals surface area contributed by atoms with Crippen molar-refractivity contribution in [2.24, 2.45) is 0 Å². The molecule has 0 nitrogen and oxygen atoms in total. The molecule has 2 aromatic rings. The maximum Gasteiger partial charge on any atom is 0.0464 e. The predicted molar refractivity (Wildman–Crippen MR) is 94.0 cm³/mol. The Labute approximate surface area is 138 Å². The molecule has 0 fully saturated rings. The molecule has 0 amide bonds. The summed E-state index contributed by atoms with van der Waals surface area (Å²) >= 11 is 12.6. The second-order valence-corrected chi connectivity index (χ2v) is 7.23. The van der Waals surface area contributed by atoms with Crippen molar-refractivity contribution in [1.29, 1.82) is 0 Å². The molecule has 0 unspecified atom stereocenters. The molecule has 0 N–H and O–H groups in total. The molecule has 0 saturated heterocycles. The van der Waals surface area contributed by atoms with Gasteiger partial charge in [0.1, 0.15) is 0 Å². The first kappa shape index (κ1) is 16.4. The third kappa shape index (κ3) is 2.98. The van der Waals surface area contributed by atoms with Crippen molar-refractivity contribution in [2.45, 2.75) is 47.0 Å². The Hall–Kier alpha value is -0.980. The molecule has 0 bridgehead atoms. The van der Waals surface area contributed by atoms with E-state index < -0.39 is 0 Å². The van der Waals surface area contributed by atoms with E-state index in [9.17, 15) is 0 Å². The van der Waals surface area contributed by atoms with Crippen molar-refractivity contribution in [3.63, 3.8) is 0 Å². The van der Waals surface area contributed by atoms with E-state index in [1.54, 1.807) is 0 Å². The van der Waals surface area contributed by atoms with E-state index in [0.717, 1.165) is 32.3 Å². The zero-order valence-corrected chi connectivity index (χ0v) is 15.1. The molecular weight excluding hydrogens is 299 g/mol. The largest absolute Gasteiger partial charge is 0.0838 e. The monoisotopic (exact) mass is 320 g/mol. The smallest absolute Gasteiger partial charge is 0.0464 e. The standard InChI is InChI=1S/C19H22Cl2/c1-11-7-15(8-12(2)17(11)20)19(5,6)16-9-13(3)18(21)14(4)10-16/h7-10H,1-6H3. The van der Waals surface area contributed by atoms with Crippen molar-refractivity contribution >= 4 is 23.2 Å². The maximum absolute atomic E-state index is 6.30. The highest BCUT2D eigenvalue weighted by atomic mass is 35.5. The normalized spacial score (nSPS) is 11.8. The summed E-state index contributed by atoms with van der Waals surface area (Å²) in [6.45, 7) is 12.7. The van der Waals surface area contributed by atoms with Gasteiger partial charge in [0.2, 0.25) is 0 Å². The van der Waals surface area contributed by atoms with E-state index in [1.807, 2.05) is 0 Å². The van der Waals surface area contributed by atoms with Crippen LogP contribution in [-0.2, 0) is 5.41 Å². The summed E-state index contributed by atoms with van der Waals surface area (Å²) in [4.78, 5) is 0. The van der Waals surface area contributed by atoms with E-state index in [1.165, 1.54) is 11.1 Å². The van der Waals surface area contributed by atoms with Crippen LogP contribution in [0.1, 0.15) is 47.2 Å². The van der Waals surface area contributed by atoms with Crippen LogP contribution in [0.5, 0.6) is 0 Å². The fourth-order valence-electron chi connectivity index (χ4n) is 2.78. The molecule has 0 atom stereocenters. The molecule has 112 valence electrons. The molecule has 2 aromatic carbocycles. The maximum atomic E-state index is 6.30. The minimum absolute atomic E-state index is 0.0831. The summed E-state index contributed by atoms with van der Waals surface area (Å²) in [5.41, 5.74) is 6.99. The topological polar surface area (TPSA) is 0 Å². The summed E-state index contributed by atoms with van der Waals surface area (Å²) in [5.74, 6) is 0. The lowest BCUT2D eigenvalue weighted by molar-refractivity contribution is 0.638. The second-order valence-electron chi connectivity index (χ2n) is 6.47. The highest BCUT2D eigenvalue weighted by Crippen LogP contribution is 2.37. The first-order valence-electron chi connectivity index (χ1n) is 7.19. The summed E-state index contributed by atoms with van der Waals surface area (Å²) in [6, 6.07) is 8.76. The van der Waals surface area contributed by atoms with Gasteiger partial charge in [0.05, 0.1) is 0 Å². The van der Waals surface area contributed by atoms with Gasteiger partial charge in [-0.2, -0.15) is 0 Å². The highest BCUT2D eigenvalue weighted by Gasteiger charge is 2.25. The Morgan fingerprint density at radius 2 is 0.857 bits per heavy atom. The fourth-order valence-corrected chi connectivity index (χ4v) is 3.00. The van der Waals surface area contributed by atoms with E-state index in [2.05, 4.69) is 65.8 Å². The van der Waals surface area contributed by atoms with E-state index in [-0.39, 0.29) is 5.41 Å². The number of hydrogen-bond acceptors (Lipinski definition) is 0. The van der Waals surface area contributed by atoms with Crippen molar-refractivity contribution in [2.75, 3.05) is 0 Å². The lowest BCUT2D eigenvalue weighted by atomic mass is 9.76. The van der Waals surface area contributed by atoms with Crippen LogP contribution in [-0.4, -0.2) is 0 Å². The zero-order valence-electron chi connectivity index (χ0n) is 13.6. The molecule has 0 radical (unpaired) electrons. The van der Waals surface area contributed by atoms with Gasteiger partial charge in [0, 0.05) is 15.5 Å². The van der Waals surface area contributed by atoms with Gasteiger partial charge in [-0.1, -0.05) is 61.3 Å². The van der Waals surface area contributed by atoms with E-state index in [0.29, 0.717) is 0 Å². The second kappa shape index (κ2) is 5.66. The van der Waals surface area contributed by atoms with Gasteiger partial charge in [-0.3, -0.25) is 0 Å². The van der Waals surface area contributed by atoms with Crippen molar-refractivity contribution in [3.8, 4) is 0 Å². The lowest BCUT2D eigenvalue weighted by Gasteiger charge is -2.28. The van der Waals surface area contributed by atoms with Crippen LogP contribution in [0.4, 0.5) is 0 Å². The quantitative estimate of drug-likeness (QED) is 0.588. The first-order chi connectivity index (χ1) is 9.64. The van der Waals surface area contributed by atoms with Crippen LogP contribution in [0.2, 0.25) is 10.0 Å². The van der Waals surface area contributed by atoms with E-state index in [4.69, 9.17) is 23.2 Å². The van der Waals surface area contributed by atoms with Crippen molar-refractivity contribution < 1.29 is 0 Å². The van der Waals surface area contributed by atoms with Crippen LogP contribution < -0.4 is 0 Å². The van der Waals surface area contributed by atoms with Gasteiger partial charge >= 0.3 is 0 Å². The number of rotatable bonds is 2. The molecule has 0 heterocycles. The zero-order chi connectivity index (χ0) is 15.9. The predicted octanol–water partition coefficient (Wildman–Crippen LogP) is 6.55. The van der Waals surface area contributed by atoms with Gasteiger partial charge in [-0.25, -0.2) is 0 Å². The summed E-state index contributed by atoms with van der Waals surface area (Å²) < 4.78 is 0. The molecule has 0 aliphatic carbocycles. The Kier molecular flexibility index (Phi) is 4.42. The molecule has 0 saturated carbocycles. The number of aryl methyl sites for hydroxylation is 4.